The van der Waals surface area contributed by atoms with Crippen LogP contribution in [0.5, 0.6) is 0 Å². The second kappa shape index (κ2) is 6.98. The van der Waals surface area contributed by atoms with E-state index in [1.807, 2.05) is 28.4 Å². The Kier molecular flexibility index (Phi) is 4.95. The molecule has 1 aliphatic rings. The maximum Gasteiger partial charge on any atom is 0.321 e. The summed E-state index contributed by atoms with van der Waals surface area (Å²) in [4.78, 5) is 15.8. The van der Waals surface area contributed by atoms with Crippen LogP contribution in [0.25, 0.3) is 0 Å². The SMILES string of the molecule is CC(C)(C)c1ccc(NC(=O)N2CCC(c3cccs3)CC2)cc1. The standard InChI is InChI=1S/C20H26N2OS/c1-20(2,3)16-6-8-17(9-7-16)21-19(23)22-12-10-15(11-13-22)18-5-4-14-24-18/h4-9,14-15H,10-13H2,1-3H3,(H,21,23). The molecular weight excluding hydrogens is 316 g/mol. The van der Waals surface area contributed by atoms with E-state index in [1.165, 1.54) is 10.4 Å². The van der Waals surface area contributed by atoms with Gasteiger partial charge in [-0.3, -0.25) is 0 Å². The van der Waals surface area contributed by atoms with Crippen LogP contribution in [0.15, 0.2) is 41.8 Å². The lowest BCUT2D eigenvalue weighted by Gasteiger charge is -2.31. The van der Waals surface area contributed by atoms with Crippen LogP contribution in [0, 0.1) is 0 Å². The Morgan fingerprint density at radius 3 is 2.33 bits per heavy atom. The lowest BCUT2D eigenvalue weighted by atomic mass is 9.87. The quantitative estimate of drug-likeness (QED) is 0.772. The molecular formula is C20H26N2OS. The highest BCUT2D eigenvalue weighted by molar-refractivity contribution is 7.10. The van der Waals surface area contributed by atoms with Gasteiger partial charge >= 0.3 is 6.03 Å². The molecule has 0 unspecified atom stereocenters. The molecule has 128 valence electrons. The maximum atomic E-state index is 12.5. The van der Waals surface area contributed by atoms with Gasteiger partial charge in [-0.15, -0.1) is 11.3 Å². The zero-order valence-corrected chi connectivity index (χ0v) is 15.5. The van der Waals surface area contributed by atoms with Crippen molar-refractivity contribution in [2.24, 2.45) is 0 Å². The zero-order chi connectivity index (χ0) is 17.2. The molecule has 1 fully saturated rings. The predicted molar refractivity (Wildman–Crippen MR) is 102 cm³/mol. The van der Waals surface area contributed by atoms with Crippen LogP contribution >= 0.6 is 11.3 Å². The van der Waals surface area contributed by atoms with Crippen LogP contribution in [0.4, 0.5) is 10.5 Å². The number of thiophene rings is 1. The summed E-state index contributed by atoms with van der Waals surface area (Å²) in [6.45, 7) is 8.23. The van der Waals surface area contributed by atoms with Gasteiger partial charge in [-0.05, 0) is 53.3 Å². The third-order valence-corrected chi connectivity index (χ3v) is 5.76. The van der Waals surface area contributed by atoms with Gasteiger partial charge in [0, 0.05) is 23.7 Å². The fourth-order valence-corrected chi connectivity index (χ4v) is 4.05. The average molecular weight is 343 g/mol. The van der Waals surface area contributed by atoms with E-state index in [1.54, 1.807) is 0 Å². The number of amides is 2. The highest BCUT2D eigenvalue weighted by Gasteiger charge is 2.24. The van der Waals surface area contributed by atoms with Crippen molar-refractivity contribution in [3.63, 3.8) is 0 Å². The summed E-state index contributed by atoms with van der Waals surface area (Å²) >= 11 is 1.83. The first-order valence-electron chi connectivity index (χ1n) is 8.63. The third kappa shape index (κ3) is 3.99. The van der Waals surface area contributed by atoms with E-state index in [9.17, 15) is 4.79 Å². The topological polar surface area (TPSA) is 32.3 Å². The first-order chi connectivity index (χ1) is 11.4. The number of carbonyl (C=O) groups excluding carboxylic acids is 1. The molecule has 0 spiro atoms. The van der Waals surface area contributed by atoms with Crippen LogP contribution in [-0.4, -0.2) is 24.0 Å². The van der Waals surface area contributed by atoms with E-state index >= 15 is 0 Å². The van der Waals surface area contributed by atoms with Crippen molar-refractivity contribution in [2.45, 2.75) is 44.9 Å². The number of piperidine rings is 1. The molecule has 1 saturated heterocycles. The molecule has 0 bridgehead atoms. The van der Waals surface area contributed by atoms with Crippen molar-refractivity contribution in [2.75, 3.05) is 18.4 Å². The Bertz CT molecular complexity index is 663. The van der Waals surface area contributed by atoms with Crippen molar-refractivity contribution in [1.82, 2.24) is 4.90 Å². The molecule has 1 aromatic heterocycles. The monoisotopic (exact) mass is 342 g/mol. The fraction of sp³-hybridized carbons (Fsp3) is 0.450. The minimum Gasteiger partial charge on any atom is -0.324 e. The summed E-state index contributed by atoms with van der Waals surface area (Å²) in [5.74, 6) is 0.611. The molecule has 24 heavy (non-hydrogen) atoms. The average Bonchev–Trinajstić information content (AvgIpc) is 3.09. The second-order valence-electron chi connectivity index (χ2n) is 7.53. The molecule has 3 rings (SSSR count). The molecule has 0 radical (unpaired) electrons. The molecule has 1 aromatic carbocycles. The maximum absolute atomic E-state index is 12.5. The number of hydrogen-bond acceptors (Lipinski definition) is 2. The number of urea groups is 1. The van der Waals surface area contributed by atoms with Crippen molar-refractivity contribution in [1.29, 1.82) is 0 Å². The molecule has 4 heteroatoms. The van der Waals surface area contributed by atoms with Crippen LogP contribution in [0.1, 0.15) is 50.0 Å². The fourth-order valence-electron chi connectivity index (χ4n) is 3.15. The zero-order valence-electron chi connectivity index (χ0n) is 14.7. The first kappa shape index (κ1) is 17.0. The molecule has 0 saturated carbocycles. The van der Waals surface area contributed by atoms with E-state index in [2.05, 4.69) is 55.7 Å². The molecule has 0 aliphatic carbocycles. The van der Waals surface area contributed by atoms with Crippen molar-refractivity contribution in [3.05, 3.63) is 52.2 Å². The van der Waals surface area contributed by atoms with E-state index in [0.717, 1.165) is 31.6 Å². The van der Waals surface area contributed by atoms with Gasteiger partial charge < -0.3 is 10.2 Å². The molecule has 1 N–H and O–H groups in total. The summed E-state index contributed by atoms with van der Waals surface area (Å²) in [6, 6.07) is 12.5. The Hall–Kier alpha value is -1.81. The van der Waals surface area contributed by atoms with Gasteiger partial charge in [0.05, 0.1) is 0 Å². The molecule has 0 atom stereocenters. The van der Waals surface area contributed by atoms with Crippen molar-refractivity contribution < 1.29 is 4.79 Å². The summed E-state index contributed by atoms with van der Waals surface area (Å²) in [7, 11) is 0. The van der Waals surface area contributed by atoms with Gasteiger partial charge in [0.2, 0.25) is 0 Å². The van der Waals surface area contributed by atoms with Gasteiger partial charge in [0.25, 0.3) is 0 Å². The number of nitrogens with zero attached hydrogens (tertiary/aromatic N) is 1. The normalized spacial score (nSPS) is 16.2. The summed E-state index contributed by atoms with van der Waals surface area (Å²) in [5, 5.41) is 5.16. The van der Waals surface area contributed by atoms with Crippen LogP contribution < -0.4 is 5.32 Å². The summed E-state index contributed by atoms with van der Waals surface area (Å²) < 4.78 is 0. The number of likely N-dealkylation sites (tertiary alicyclic amines) is 1. The molecule has 1 aliphatic heterocycles. The first-order valence-corrected chi connectivity index (χ1v) is 9.51. The van der Waals surface area contributed by atoms with Crippen LogP contribution in [0.3, 0.4) is 0 Å². The minimum absolute atomic E-state index is 0.0168. The van der Waals surface area contributed by atoms with Gasteiger partial charge in [-0.1, -0.05) is 39.0 Å². The third-order valence-electron chi connectivity index (χ3n) is 4.73. The van der Waals surface area contributed by atoms with E-state index in [4.69, 9.17) is 0 Å². The molecule has 2 amide bonds. The Morgan fingerprint density at radius 1 is 1.12 bits per heavy atom. The second-order valence-corrected chi connectivity index (χ2v) is 8.51. The number of nitrogens with one attached hydrogen (secondary N) is 1. The van der Waals surface area contributed by atoms with Gasteiger partial charge in [0.15, 0.2) is 0 Å². The molecule has 2 aromatic rings. The van der Waals surface area contributed by atoms with Gasteiger partial charge in [-0.25, -0.2) is 4.79 Å². The predicted octanol–water partition coefficient (Wildman–Crippen LogP) is 5.46. The summed E-state index contributed by atoms with van der Waals surface area (Å²) in [6.07, 6.45) is 2.10. The summed E-state index contributed by atoms with van der Waals surface area (Å²) in [5.41, 5.74) is 2.28. The number of rotatable bonds is 2. The minimum atomic E-state index is 0.0168. The number of carbonyl (C=O) groups is 1. The van der Waals surface area contributed by atoms with Crippen LogP contribution in [-0.2, 0) is 5.41 Å². The number of benzene rings is 1. The Labute approximate surface area is 148 Å². The van der Waals surface area contributed by atoms with Gasteiger partial charge in [-0.2, -0.15) is 0 Å². The largest absolute Gasteiger partial charge is 0.324 e. The Morgan fingerprint density at radius 2 is 1.79 bits per heavy atom. The highest BCUT2D eigenvalue weighted by atomic mass is 32.1. The van der Waals surface area contributed by atoms with E-state index < -0.39 is 0 Å². The number of hydrogen-bond donors (Lipinski definition) is 1. The van der Waals surface area contributed by atoms with E-state index in [0.29, 0.717) is 5.92 Å². The van der Waals surface area contributed by atoms with E-state index in [-0.39, 0.29) is 11.4 Å². The lowest BCUT2D eigenvalue weighted by molar-refractivity contribution is 0.195. The Balaban J connectivity index is 1.54. The van der Waals surface area contributed by atoms with Crippen molar-refractivity contribution in [3.8, 4) is 0 Å². The lowest BCUT2D eigenvalue weighted by Crippen LogP contribution is -2.40. The van der Waals surface area contributed by atoms with Crippen LogP contribution in [0.2, 0.25) is 0 Å². The smallest absolute Gasteiger partial charge is 0.321 e. The van der Waals surface area contributed by atoms with Gasteiger partial charge in [0.1, 0.15) is 0 Å². The number of anilines is 1. The van der Waals surface area contributed by atoms with Crippen molar-refractivity contribution >= 4 is 23.1 Å². The highest BCUT2D eigenvalue weighted by Crippen LogP contribution is 2.31. The molecule has 3 nitrogen and oxygen atoms in total. The molecule has 2 heterocycles.